The molecule has 0 saturated carbocycles. The van der Waals surface area contributed by atoms with Gasteiger partial charge in [-0.15, -0.1) is 0 Å². The predicted octanol–water partition coefficient (Wildman–Crippen LogP) is 5.69. The highest BCUT2D eigenvalue weighted by atomic mass is 16.5. The zero-order valence-corrected chi connectivity index (χ0v) is 20.9. The molecule has 0 spiro atoms. The third-order valence-corrected chi connectivity index (χ3v) is 6.15. The van der Waals surface area contributed by atoms with Crippen molar-refractivity contribution in [2.45, 2.75) is 47.2 Å². The van der Waals surface area contributed by atoms with E-state index in [9.17, 15) is 9.59 Å². The summed E-state index contributed by atoms with van der Waals surface area (Å²) < 4.78 is 7.15. The van der Waals surface area contributed by atoms with Crippen LogP contribution in [-0.2, 0) is 16.1 Å². The number of aromatic nitrogens is 2. The average molecular weight is 470 g/mol. The number of carbonyl (C=O) groups excluding carboxylic acids is 2. The third kappa shape index (κ3) is 4.83. The van der Waals surface area contributed by atoms with Crippen molar-refractivity contribution in [3.05, 3.63) is 77.4 Å². The number of rotatable bonds is 7. The summed E-state index contributed by atoms with van der Waals surface area (Å²) in [4.78, 5) is 29.7. The van der Waals surface area contributed by atoms with Crippen LogP contribution in [0.25, 0.3) is 33.5 Å². The maximum Gasteiger partial charge on any atom is 0.328 e. The average Bonchev–Trinajstić information content (AvgIpc) is 3.22. The predicted molar refractivity (Wildman–Crippen MR) is 139 cm³/mol. The summed E-state index contributed by atoms with van der Waals surface area (Å²) >= 11 is 0. The van der Waals surface area contributed by atoms with Crippen molar-refractivity contribution in [3.8, 4) is 22.5 Å². The fourth-order valence-electron chi connectivity index (χ4n) is 4.43. The first kappa shape index (κ1) is 24.2. The first-order valence-corrected chi connectivity index (χ1v) is 12.0. The molecule has 0 bridgehead atoms. The Morgan fingerprint density at radius 3 is 2.40 bits per heavy atom. The van der Waals surface area contributed by atoms with Crippen LogP contribution in [0.3, 0.4) is 0 Å². The molecule has 0 aliphatic carbocycles. The lowest BCUT2D eigenvalue weighted by molar-refractivity contribution is -0.144. The summed E-state index contributed by atoms with van der Waals surface area (Å²) in [5.74, 6) is 0.0636. The van der Waals surface area contributed by atoms with Crippen molar-refractivity contribution in [2.75, 3.05) is 6.61 Å². The van der Waals surface area contributed by atoms with Gasteiger partial charge in [0.05, 0.1) is 17.6 Å². The van der Waals surface area contributed by atoms with Crippen molar-refractivity contribution < 1.29 is 14.3 Å². The molecule has 0 aliphatic rings. The van der Waals surface area contributed by atoms with Crippen molar-refractivity contribution in [2.24, 2.45) is 0 Å². The van der Waals surface area contributed by atoms with E-state index in [4.69, 9.17) is 9.72 Å². The van der Waals surface area contributed by atoms with Gasteiger partial charge >= 0.3 is 5.97 Å². The molecule has 4 rings (SSSR count). The lowest BCUT2D eigenvalue weighted by atomic mass is 9.94. The molecule has 0 aliphatic heterocycles. The first-order valence-electron chi connectivity index (χ1n) is 12.0. The van der Waals surface area contributed by atoms with Gasteiger partial charge in [0.1, 0.15) is 11.9 Å². The van der Waals surface area contributed by atoms with Gasteiger partial charge in [-0.2, -0.15) is 0 Å². The quantitative estimate of drug-likeness (QED) is 0.353. The van der Waals surface area contributed by atoms with E-state index in [-0.39, 0.29) is 12.5 Å². The lowest BCUT2D eigenvalue weighted by Gasteiger charge is -2.14. The van der Waals surface area contributed by atoms with Crippen LogP contribution in [0, 0.1) is 13.8 Å². The monoisotopic (exact) mass is 469 g/mol. The number of nitrogens with zero attached hydrogens (tertiary/aromatic N) is 2. The van der Waals surface area contributed by atoms with E-state index in [0.29, 0.717) is 5.56 Å². The number of amides is 1. The van der Waals surface area contributed by atoms with Crippen molar-refractivity contribution >= 4 is 22.9 Å². The van der Waals surface area contributed by atoms with Crippen LogP contribution < -0.4 is 5.32 Å². The van der Waals surface area contributed by atoms with Crippen LogP contribution in [0.15, 0.2) is 60.7 Å². The zero-order valence-electron chi connectivity index (χ0n) is 20.9. The van der Waals surface area contributed by atoms with E-state index in [1.165, 1.54) is 16.7 Å². The van der Waals surface area contributed by atoms with Crippen LogP contribution >= 0.6 is 0 Å². The second-order valence-electron chi connectivity index (χ2n) is 8.69. The molecular formula is C29H31N3O3. The molecule has 1 aromatic heterocycles. The second kappa shape index (κ2) is 10.1. The molecular weight excluding hydrogens is 438 g/mol. The van der Waals surface area contributed by atoms with Gasteiger partial charge in [0.15, 0.2) is 0 Å². The molecule has 0 unspecified atom stereocenters. The molecule has 1 N–H and O–H groups in total. The number of hydrogen-bond donors (Lipinski definition) is 1. The van der Waals surface area contributed by atoms with E-state index in [1.807, 2.05) is 18.2 Å². The number of nitrogens with one attached hydrogen (secondary N) is 1. The van der Waals surface area contributed by atoms with Crippen LogP contribution in [-0.4, -0.2) is 34.1 Å². The Hall–Kier alpha value is -3.93. The Bertz CT molecular complexity index is 1400. The van der Waals surface area contributed by atoms with E-state index in [0.717, 1.165) is 34.5 Å². The second-order valence-corrected chi connectivity index (χ2v) is 8.69. The van der Waals surface area contributed by atoms with Gasteiger partial charge in [-0.3, -0.25) is 4.79 Å². The normalized spacial score (nSPS) is 11.9. The number of fused-ring (bicyclic) bond motifs is 1. The van der Waals surface area contributed by atoms with Crippen LogP contribution in [0.1, 0.15) is 42.3 Å². The van der Waals surface area contributed by atoms with Gasteiger partial charge < -0.3 is 14.6 Å². The van der Waals surface area contributed by atoms with Crippen LogP contribution in [0.4, 0.5) is 0 Å². The summed E-state index contributed by atoms with van der Waals surface area (Å²) in [6, 6.07) is 19.5. The zero-order chi connectivity index (χ0) is 25.1. The standard InChI is InChI=1S/C29H31N3O3/c1-6-32-26-15-13-21(28(33)30-20(5)29(34)35-7-2)17-25(26)31-27(32)24-11-9-8-10-23(24)22-14-12-18(3)16-19(22)4/h8-17,20H,6-7H2,1-5H3,(H,30,33)/t20-/m1/s1. The van der Waals surface area contributed by atoms with E-state index >= 15 is 0 Å². The Balaban J connectivity index is 1.76. The Morgan fingerprint density at radius 2 is 1.71 bits per heavy atom. The topological polar surface area (TPSA) is 73.2 Å². The minimum atomic E-state index is -0.730. The Kier molecular flexibility index (Phi) is 7.01. The SMILES string of the molecule is CCOC(=O)[C@@H](C)NC(=O)c1ccc2c(c1)nc(-c1ccccc1-c1ccc(C)cc1C)n2CC. The molecule has 6 nitrogen and oxygen atoms in total. The van der Waals surface area contributed by atoms with E-state index < -0.39 is 12.0 Å². The number of aryl methyl sites for hydroxylation is 3. The van der Waals surface area contributed by atoms with Gasteiger partial charge in [-0.05, 0) is 69.5 Å². The maximum absolute atomic E-state index is 12.8. The molecule has 1 amide bonds. The summed E-state index contributed by atoms with van der Waals surface area (Å²) in [5.41, 5.74) is 7.91. The highest BCUT2D eigenvalue weighted by Crippen LogP contribution is 2.35. The fraction of sp³-hybridized carbons (Fsp3) is 0.276. The van der Waals surface area contributed by atoms with E-state index in [1.54, 1.807) is 26.0 Å². The van der Waals surface area contributed by atoms with Gasteiger partial charge in [0, 0.05) is 17.7 Å². The largest absolute Gasteiger partial charge is 0.464 e. The summed E-state index contributed by atoms with van der Waals surface area (Å²) in [6.07, 6.45) is 0. The van der Waals surface area contributed by atoms with Gasteiger partial charge in [-0.25, -0.2) is 9.78 Å². The Morgan fingerprint density at radius 1 is 0.971 bits per heavy atom. The highest BCUT2D eigenvalue weighted by molar-refractivity contribution is 6.00. The third-order valence-electron chi connectivity index (χ3n) is 6.15. The number of carbonyl (C=O) groups is 2. The summed E-state index contributed by atoms with van der Waals surface area (Å²) in [7, 11) is 0. The highest BCUT2D eigenvalue weighted by Gasteiger charge is 2.20. The fourth-order valence-corrected chi connectivity index (χ4v) is 4.43. The molecule has 0 saturated heterocycles. The van der Waals surface area contributed by atoms with Gasteiger partial charge in [0.25, 0.3) is 5.91 Å². The number of benzene rings is 3. The van der Waals surface area contributed by atoms with Crippen molar-refractivity contribution in [1.82, 2.24) is 14.9 Å². The molecule has 0 fully saturated rings. The van der Waals surface area contributed by atoms with Crippen LogP contribution in [0.2, 0.25) is 0 Å². The lowest BCUT2D eigenvalue weighted by Crippen LogP contribution is -2.39. The number of ether oxygens (including phenoxy) is 1. The molecule has 0 radical (unpaired) electrons. The number of esters is 1. The van der Waals surface area contributed by atoms with Gasteiger partial charge in [-0.1, -0.05) is 48.0 Å². The first-order chi connectivity index (χ1) is 16.8. The minimum absolute atomic E-state index is 0.270. The molecule has 6 heteroatoms. The summed E-state index contributed by atoms with van der Waals surface area (Å²) in [5, 5.41) is 2.71. The molecule has 1 heterocycles. The van der Waals surface area contributed by atoms with Crippen molar-refractivity contribution in [3.63, 3.8) is 0 Å². The molecule has 3 aromatic carbocycles. The molecule has 35 heavy (non-hydrogen) atoms. The van der Waals surface area contributed by atoms with E-state index in [2.05, 4.69) is 61.0 Å². The maximum atomic E-state index is 12.8. The van der Waals surface area contributed by atoms with Crippen molar-refractivity contribution in [1.29, 1.82) is 0 Å². The van der Waals surface area contributed by atoms with Gasteiger partial charge in [0.2, 0.25) is 0 Å². The molecule has 180 valence electrons. The Labute approximate surface area is 206 Å². The smallest absolute Gasteiger partial charge is 0.328 e. The molecule has 4 aromatic rings. The summed E-state index contributed by atoms with van der Waals surface area (Å²) in [6.45, 7) is 10.7. The number of hydrogen-bond acceptors (Lipinski definition) is 4. The number of imidazole rings is 1. The molecule has 1 atom stereocenters. The van der Waals surface area contributed by atoms with Crippen LogP contribution in [0.5, 0.6) is 0 Å². The minimum Gasteiger partial charge on any atom is -0.464 e.